The Morgan fingerprint density at radius 2 is 1.77 bits per heavy atom. The van der Waals surface area contributed by atoms with Gasteiger partial charge in [0.25, 0.3) is 0 Å². The number of nitrogens with zero attached hydrogens (tertiary/aromatic N) is 1. The van der Waals surface area contributed by atoms with Crippen LogP contribution in [0.4, 0.5) is 14.9 Å². The molecule has 4 aromatic rings. The molecule has 1 saturated heterocycles. The first-order valence-corrected chi connectivity index (χ1v) is 17.3. The first kappa shape index (κ1) is 35.1. The first-order valence-electron chi connectivity index (χ1n) is 16.5. The minimum atomic E-state index is -0.961. The smallest absolute Gasteiger partial charge is 0.416 e. The second-order valence-corrected chi connectivity index (χ2v) is 13.2. The highest BCUT2D eigenvalue weighted by Crippen LogP contribution is 2.40. The number of hydrogen-bond donors (Lipinski definition) is 2. The van der Waals surface area contributed by atoms with E-state index in [0.29, 0.717) is 24.3 Å². The van der Waals surface area contributed by atoms with Crippen molar-refractivity contribution in [2.45, 2.75) is 64.1 Å². The number of carbonyl (C=O) groups excluding carboxylic acids is 2. The molecule has 4 atom stereocenters. The number of imide groups is 1. The van der Waals surface area contributed by atoms with Gasteiger partial charge in [-0.05, 0) is 80.1 Å². The summed E-state index contributed by atoms with van der Waals surface area (Å²) in [5.41, 5.74) is 4.14. The predicted octanol–water partition coefficient (Wildman–Crippen LogP) is 8.95. The van der Waals surface area contributed by atoms with Crippen molar-refractivity contribution in [1.82, 2.24) is 4.90 Å². The van der Waals surface area contributed by atoms with Crippen molar-refractivity contribution >= 4 is 33.6 Å². The number of benzene rings is 4. The van der Waals surface area contributed by atoms with Gasteiger partial charge in [-0.15, -0.1) is 0 Å². The van der Waals surface area contributed by atoms with Crippen LogP contribution >= 0.6 is 15.9 Å². The number of halogens is 2. The van der Waals surface area contributed by atoms with E-state index in [2.05, 4.69) is 28.2 Å². The third-order valence-electron chi connectivity index (χ3n) is 8.68. The molecule has 1 heterocycles. The lowest BCUT2D eigenvalue weighted by atomic mass is 9.85. The van der Waals surface area contributed by atoms with Gasteiger partial charge in [-0.1, -0.05) is 95.5 Å². The van der Waals surface area contributed by atoms with Crippen LogP contribution in [-0.2, 0) is 16.0 Å². The zero-order chi connectivity index (χ0) is 34.0. The Hall–Kier alpha value is -4.21. The van der Waals surface area contributed by atoms with Crippen LogP contribution in [0.2, 0.25) is 0 Å². The SMILES string of the molecule is CCCCOc1cc(Br)ccc1[C@@H](Nc1ccc(C)cc1)[C@@H](CC[C@H](O)c1ccc(F)cc1)C(=O)N1C(=O)OC[C@@H]1Cc1ccccc1. The van der Waals surface area contributed by atoms with Crippen molar-refractivity contribution < 1.29 is 28.6 Å². The third-order valence-corrected chi connectivity index (χ3v) is 9.17. The van der Waals surface area contributed by atoms with Crippen molar-refractivity contribution in [3.63, 3.8) is 0 Å². The Morgan fingerprint density at radius 3 is 2.48 bits per heavy atom. The summed E-state index contributed by atoms with van der Waals surface area (Å²) in [4.78, 5) is 29.4. The van der Waals surface area contributed by atoms with Crippen LogP contribution in [0.5, 0.6) is 5.75 Å². The molecule has 48 heavy (non-hydrogen) atoms. The molecule has 1 fully saturated rings. The van der Waals surface area contributed by atoms with Crippen LogP contribution < -0.4 is 10.1 Å². The molecule has 2 amide bonds. The van der Waals surface area contributed by atoms with Gasteiger partial charge in [0.15, 0.2) is 0 Å². The number of rotatable bonds is 15. The van der Waals surface area contributed by atoms with Crippen LogP contribution in [-0.4, -0.2) is 41.3 Å². The van der Waals surface area contributed by atoms with Crippen LogP contribution in [0.25, 0.3) is 0 Å². The highest BCUT2D eigenvalue weighted by molar-refractivity contribution is 9.10. The average molecular weight is 718 g/mol. The number of hydrogen-bond acceptors (Lipinski definition) is 6. The molecule has 1 aliphatic heterocycles. The molecule has 0 aliphatic carbocycles. The van der Waals surface area contributed by atoms with E-state index in [0.717, 1.165) is 39.7 Å². The molecule has 0 spiro atoms. The third kappa shape index (κ3) is 9.02. The molecule has 0 aromatic heterocycles. The summed E-state index contributed by atoms with van der Waals surface area (Å²) in [6, 6.07) is 27.9. The van der Waals surface area contributed by atoms with Crippen molar-refractivity contribution in [2.75, 3.05) is 18.5 Å². The van der Waals surface area contributed by atoms with Gasteiger partial charge in [-0.3, -0.25) is 4.79 Å². The summed E-state index contributed by atoms with van der Waals surface area (Å²) in [7, 11) is 0. The topological polar surface area (TPSA) is 88.1 Å². The van der Waals surface area contributed by atoms with Crippen LogP contribution in [0, 0.1) is 18.7 Å². The summed E-state index contributed by atoms with van der Waals surface area (Å²) in [5, 5.41) is 14.8. The molecule has 5 rings (SSSR count). The lowest BCUT2D eigenvalue weighted by molar-refractivity contribution is -0.134. The quantitative estimate of drug-likeness (QED) is 0.120. The van der Waals surface area contributed by atoms with E-state index < -0.39 is 41.9 Å². The second kappa shape index (κ2) is 16.8. The van der Waals surface area contributed by atoms with E-state index in [4.69, 9.17) is 9.47 Å². The molecule has 0 unspecified atom stereocenters. The Balaban J connectivity index is 1.56. The van der Waals surface area contributed by atoms with Gasteiger partial charge in [-0.25, -0.2) is 14.1 Å². The van der Waals surface area contributed by atoms with Gasteiger partial charge >= 0.3 is 6.09 Å². The molecular formula is C39H42BrFN2O5. The predicted molar refractivity (Wildman–Crippen MR) is 188 cm³/mol. The molecule has 2 N–H and O–H groups in total. The first-order chi connectivity index (χ1) is 23.2. The van der Waals surface area contributed by atoms with E-state index in [9.17, 15) is 19.1 Å². The number of carbonyl (C=O) groups is 2. The summed E-state index contributed by atoms with van der Waals surface area (Å²) < 4.78 is 26.3. The molecular weight excluding hydrogens is 675 g/mol. The standard InChI is InChI=1S/C39H42BrFN2O5/c1-3-4-22-47-36-24-29(40)14-19-33(36)37(42-31-17-10-26(2)11-18-31)34(20-21-35(44)28-12-15-30(41)16-13-28)38(45)43-32(25-48-39(43)46)23-27-8-6-5-7-9-27/h5-19,24,32,34-35,37,42,44H,3-4,20-23,25H2,1-2H3/t32-,34+,35-,37+/m0/s1. The Labute approximate surface area is 290 Å². The summed E-state index contributed by atoms with van der Waals surface area (Å²) >= 11 is 3.58. The van der Waals surface area contributed by atoms with Gasteiger partial charge in [0.05, 0.1) is 30.7 Å². The lowest BCUT2D eigenvalue weighted by Gasteiger charge is -2.33. The molecule has 252 valence electrons. The highest BCUT2D eigenvalue weighted by atomic mass is 79.9. The van der Waals surface area contributed by atoms with E-state index in [1.807, 2.05) is 79.7 Å². The maximum absolute atomic E-state index is 14.9. The summed E-state index contributed by atoms with van der Waals surface area (Å²) in [5.74, 6) is -1.02. The molecule has 9 heteroatoms. The number of unbranched alkanes of at least 4 members (excludes halogenated alkanes) is 1. The Kier molecular flexibility index (Phi) is 12.3. The largest absolute Gasteiger partial charge is 0.493 e. The van der Waals surface area contributed by atoms with Gasteiger partial charge in [-0.2, -0.15) is 0 Å². The number of aryl methyl sites for hydroxylation is 1. The Morgan fingerprint density at radius 1 is 1.04 bits per heavy atom. The fraction of sp³-hybridized carbons (Fsp3) is 0.333. The van der Waals surface area contributed by atoms with Crippen molar-refractivity contribution in [3.05, 3.63) is 130 Å². The monoisotopic (exact) mass is 716 g/mol. The van der Waals surface area contributed by atoms with Crippen molar-refractivity contribution in [3.8, 4) is 5.75 Å². The van der Waals surface area contributed by atoms with Crippen molar-refractivity contribution in [1.29, 1.82) is 0 Å². The van der Waals surface area contributed by atoms with Gasteiger partial charge in [0.2, 0.25) is 5.91 Å². The highest BCUT2D eigenvalue weighted by Gasteiger charge is 2.44. The van der Waals surface area contributed by atoms with Crippen LogP contribution in [0.1, 0.15) is 67.0 Å². The number of aliphatic hydroxyl groups is 1. The van der Waals surface area contributed by atoms with E-state index >= 15 is 0 Å². The van der Waals surface area contributed by atoms with Gasteiger partial charge < -0.3 is 19.9 Å². The number of nitrogens with one attached hydrogen (secondary N) is 1. The van der Waals surface area contributed by atoms with Gasteiger partial charge in [0.1, 0.15) is 18.2 Å². The Bertz CT molecular complexity index is 1650. The van der Waals surface area contributed by atoms with E-state index in [1.54, 1.807) is 12.1 Å². The summed E-state index contributed by atoms with van der Waals surface area (Å²) in [6.45, 7) is 4.68. The van der Waals surface area contributed by atoms with Crippen LogP contribution in [0.3, 0.4) is 0 Å². The molecule has 7 nitrogen and oxygen atoms in total. The normalized spacial score (nSPS) is 16.2. The molecule has 0 radical (unpaired) electrons. The van der Waals surface area contributed by atoms with Crippen molar-refractivity contribution in [2.24, 2.45) is 5.92 Å². The molecule has 4 aromatic carbocycles. The average Bonchev–Trinajstić information content (AvgIpc) is 3.45. The zero-order valence-corrected chi connectivity index (χ0v) is 28.9. The van der Waals surface area contributed by atoms with Gasteiger partial charge in [0, 0.05) is 15.7 Å². The number of cyclic esters (lactones) is 1. The molecule has 0 saturated carbocycles. The number of amides is 2. The lowest BCUT2D eigenvalue weighted by Crippen LogP contribution is -2.46. The molecule has 1 aliphatic rings. The summed E-state index contributed by atoms with van der Waals surface area (Å²) in [6.07, 6.45) is 0.996. The maximum Gasteiger partial charge on any atom is 0.416 e. The maximum atomic E-state index is 14.9. The van der Waals surface area contributed by atoms with Crippen LogP contribution in [0.15, 0.2) is 102 Å². The zero-order valence-electron chi connectivity index (χ0n) is 27.3. The van der Waals surface area contributed by atoms with E-state index in [1.165, 1.54) is 17.0 Å². The molecule has 0 bridgehead atoms. The minimum absolute atomic E-state index is 0.0874. The minimum Gasteiger partial charge on any atom is -0.493 e. The second-order valence-electron chi connectivity index (χ2n) is 12.3. The fourth-order valence-corrected chi connectivity index (χ4v) is 6.35. The number of aliphatic hydroxyl groups excluding tert-OH is 1. The fourth-order valence-electron chi connectivity index (χ4n) is 6.01. The number of anilines is 1. The number of ether oxygens (including phenoxy) is 2. The van der Waals surface area contributed by atoms with E-state index in [-0.39, 0.29) is 19.4 Å².